The number of nitrogens with one attached hydrogen (secondary N) is 2. The fraction of sp³-hybridized carbons (Fsp3) is 0.278. The lowest BCUT2D eigenvalue weighted by atomic mass is 10.0. The number of carbonyl (C=O) groups is 1. The lowest BCUT2D eigenvalue weighted by molar-refractivity contribution is 0.0930. The van der Waals surface area contributed by atoms with E-state index in [0.29, 0.717) is 11.5 Å². The Hall–Kier alpha value is -2.69. The smallest absolute Gasteiger partial charge is 0.251 e. The predicted octanol–water partition coefficient (Wildman–Crippen LogP) is 3.48. The van der Waals surface area contributed by atoms with Gasteiger partial charge < -0.3 is 10.3 Å². The minimum atomic E-state index is -0.150. The van der Waals surface area contributed by atoms with Gasteiger partial charge in [-0.25, -0.2) is 4.98 Å². The molecule has 0 saturated carbocycles. The lowest BCUT2D eigenvalue weighted by Gasteiger charge is -2.18. The van der Waals surface area contributed by atoms with Crippen molar-refractivity contribution in [2.45, 2.75) is 26.3 Å². The summed E-state index contributed by atoms with van der Waals surface area (Å²) in [6, 6.07) is 11.1. The standard InChI is InChI=1S/C18H20N4O/c1-12(2)11-16(22-18(23)13-7-9-19-10-8-13)17-20-14-5-3-4-6-15(14)21-17/h3-10,12,16H,11H2,1-2H3,(H,20,21)(H,22,23). The van der Waals surface area contributed by atoms with Crippen molar-refractivity contribution in [3.8, 4) is 0 Å². The number of aromatic amines is 1. The van der Waals surface area contributed by atoms with Gasteiger partial charge in [0.2, 0.25) is 0 Å². The molecule has 0 aliphatic heterocycles. The maximum absolute atomic E-state index is 12.4. The summed E-state index contributed by atoms with van der Waals surface area (Å²) >= 11 is 0. The quantitative estimate of drug-likeness (QED) is 0.758. The molecule has 0 bridgehead atoms. The molecule has 1 amide bonds. The van der Waals surface area contributed by atoms with E-state index in [-0.39, 0.29) is 11.9 Å². The second kappa shape index (κ2) is 6.60. The SMILES string of the molecule is CC(C)CC(NC(=O)c1ccncc1)c1nc2ccccc2[nH]1. The van der Waals surface area contributed by atoms with Crippen LogP contribution in [-0.2, 0) is 0 Å². The molecule has 2 heterocycles. The van der Waals surface area contributed by atoms with Gasteiger partial charge in [-0.2, -0.15) is 0 Å². The number of nitrogens with zero attached hydrogens (tertiary/aromatic N) is 2. The summed E-state index contributed by atoms with van der Waals surface area (Å²) in [4.78, 5) is 24.3. The largest absolute Gasteiger partial charge is 0.342 e. The molecule has 0 spiro atoms. The van der Waals surface area contributed by atoms with Crippen molar-refractivity contribution in [3.63, 3.8) is 0 Å². The Labute approximate surface area is 135 Å². The molecule has 0 aliphatic rings. The van der Waals surface area contributed by atoms with Gasteiger partial charge in [-0.15, -0.1) is 0 Å². The van der Waals surface area contributed by atoms with Crippen molar-refractivity contribution >= 4 is 16.9 Å². The molecule has 2 aromatic heterocycles. The van der Waals surface area contributed by atoms with Crippen molar-refractivity contribution in [1.29, 1.82) is 0 Å². The molecule has 5 heteroatoms. The third-order valence-corrected chi connectivity index (χ3v) is 3.69. The lowest BCUT2D eigenvalue weighted by Crippen LogP contribution is -2.30. The van der Waals surface area contributed by atoms with Crippen molar-refractivity contribution in [3.05, 3.63) is 60.2 Å². The average molecular weight is 308 g/mol. The van der Waals surface area contributed by atoms with Crippen molar-refractivity contribution in [2.75, 3.05) is 0 Å². The summed E-state index contributed by atoms with van der Waals surface area (Å²) < 4.78 is 0. The first-order chi connectivity index (χ1) is 11.1. The van der Waals surface area contributed by atoms with Crippen molar-refractivity contribution in [2.24, 2.45) is 5.92 Å². The maximum atomic E-state index is 12.4. The first-order valence-electron chi connectivity index (χ1n) is 7.79. The van der Waals surface area contributed by atoms with Crippen LogP contribution in [0.3, 0.4) is 0 Å². The molecule has 0 radical (unpaired) electrons. The molecule has 1 atom stereocenters. The Bertz CT molecular complexity index is 762. The van der Waals surface area contributed by atoms with E-state index in [9.17, 15) is 4.79 Å². The average Bonchev–Trinajstić information content (AvgIpc) is 2.98. The van der Waals surface area contributed by atoms with E-state index in [1.807, 2.05) is 24.3 Å². The first kappa shape index (κ1) is 15.2. The fourth-order valence-corrected chi connectivity index (χ4v) is 2.59. The van der Waals surface area contributed by atoms with E-state index in [4.69, 9.17) is 0 Å². The van der Waals surface area contributed by atoms with Crippen LogP contribution in [0.4, 0.5) is 0 Å². The zero-order chi connectivity index (χ0) is 16.2. The van der Waals surface area contributed by atoms with Gasteiger partial charge in [-0.1, -0.05) is 26.0 Å². The number of para-hydroxylation sites is 2. The number of benzene rings is 1. The number of carbonyl (C=O) groups excluding carboxylic acids is 1. The van der Waals surface area contributed by atoms with Crippen LogP contribution in [0.1, 0.15) is 42.5 Å². The van der Waals surface area contributed by atoms with Crippen LogP contribution in [0.25, 0.3) is 11.0 Å². The Morgan fingerprint density at radius 1 is 1.17 bits per heavy atom. The molecular formula is C18H20N4O. The molecule has 1 aromatic carbocycles. The molecule has 118 valence electrons. The Kier molecular flexibility index (Phi) is 4.37. The summed E-state index contributed by atoms with van der Waals surface area (Å²) in [6.07, 6.45) is 4.05. The summed E-state index contributed by atoms with van der Waals surface area (Å²) in [5.41, 5.74) is 2.49. The monoisotopic (exact) mass is 308 g/mol. The first-order valence-corrected chi connectivity index (χ1v) is 7.79. The molecule has 2 N–H and O–H groups in total. The molecule has 1 unspecified atom stereocenters. The minimum Gasteiger partial charge on any atom is -0.342 e. The number of amides is 1. The van der Waals surface area contributed by atoms with Crippen LogP contribution in [0.15, 0.2) is 48.8 Å². The number of pyridine rings is 1. The molecule has 3 aromatic rings. The highest BCUT2D eigenvalue weighted by atomic mass is 16.1. The van der Waals surface area contributed by atoms with E-state index in [2.05, 4.69) is 34.1 Å². The van der Waals surface area contributed by atoms with Gasteiger partial charge >= 0.3 is 0 Å². The maximum Gasteiger partial charge on any atom is 0.251 e. The molecule has 5 nitrogen and oxygen atoms in total. The number of hydrogen-bond donors (Lipinski definition) is 2. The topological polar surface area (TPSA) is 70.7 Å². The zero-order valence-corrected chi connectivity index (χ0v) is 13.3. The van der Waals surface area contributed by atoms with E-state index in [0.717, 1.165) is 23.3 Å². The Balaban J connectivity index is 1.87. The van der Waals surface area contributed by atoms with Crippen molar-refractivity contribution in [1.82, 2.24) is 20.3 Å². The summed E-state index contributed by atoms with van der Waals surface area (Å²) in [6.45, 7) is 4.27. The van der Waals surface area contributed by atoms with E-state index < -0.39 is 0 Å². The van der Waals surface area contributed by atoms with Gasteiger partial charge in [-0.3, -0.25) is 9.78 Å². The van der Waals surface area contributed by atoms with Crippen LogP contribution in [0, 0.1) is 5.92 Å². The van der Waals surface area contributed by atoms with Crippen molar-refractivity contribution < 1.29 is 4.79 Å². The van der Waals surface area contributed by atoms with Gasteiger partial charge in [-0.05, 0) is 36.6 Å². The van der Waals surface area contributed by atoms with E-state index >= 15 is 0 Å². The molecule has 0 fully saturated rings. The van der Waals surface area contributed by atoms with Gasteiger partial charge in [0.25, 0.3) is 5.91 Å². The van der Waals surface area contributed by atoms with Crippen LogP contribution < -0.4 is 5.32 Å². The summed E-state index contributed by atoms with van der Waals surface area (Å²) in [5.74, 6) is 1.12. The van der Waals surface area contributed by atoms with Gasteiger partial charge in [0, 0.05) is 18.0 Å². The number of fused-ring (bicyclic) bond motifs is 1. The van der Waals surface area contributed by atoms with Crippen LogP contribution in [0.2, 0.25) is 0 Å². The van der Waals surface area contributed by atoms with Crippen LogP contribution >= 0.6 is 0 Å². The number of aromatic nitrogens is 3. The normalized spacial score (nSPS) is 12.5. The van der Waals surface area contributed by atoms with E-state index in [1.54, 1.807) is 24.5 Å². The number of hydrogen-bond acceptors (Lipinski definition) is 3. The third kappa shape index (κ3) is 3.56. The fourth-order valence-electron chi connectivity index (χ4n) is 2.59. The van der Waals surface area contributed by atoms with Crippen LogP contribution in [-0.4, -0.2) is 20.9 Å². The van der Waals surface area contributed by atoms with Gasteiger partial charge in [0.05, 0.1) is 17.1 Å². The molecule has 23 heavy (non-hydrogen) atoms. The second-order valence-electron chi connectivity index (χ2n) is 6.03. The second-order valence-corrected chi connectivity index (χ2v) is 6.03. The molecule has 3 rings (SSSR count). The van der Waals surface area contributed by atoms with Gasteiger partial charge in [0.1, 0.15) is 5.82 Å². The summed E-state index contributed by atoms with van der Waals surface area (Å²) in [5, 5.41) is 3.08. The highest BCUT2D eigenvalue weighted by Gasteiger charge is 2.20. The minimum absolute atomic E-state index is 0.112. The van der Waals surface area contributed by atoms with Gasteiger partial charge in [0.15, 0.2) is 0 Å². The highest BCUT2D eigenvalue weighted by Crippen LogP contribution is 2.22. The van der Waals surface area contributed by atoms with E-state index in [1.165, 1.54) is 0 Å². The number of rotatable bonds is 5. The number of imidazole rings is 1. The third-order valence-electron chi connectivity index (χ3n) is 3.69. The molecular weight excluding hydrogens is 288 g/mol. The molecule has 0 saturated heterocycles. The zero-order valence-electron chi connectivity index (χ0n) is 13.3. The van der Waals surface area contributed by atoms with Crippen LogP contribution in [0.5, 0.6) is 0 Å². The summed E-state index contributed by atoms with van der Waals surface area (Å²) in [7, 11) is 0. The predicted molar refractivity (Wildman–Crippen MR) is 90.0 cm³/mol. The molecule has 0 aliphatic carbocycles. The number of H-pyrrole nitrogens is 1. The Morgan fingerprint density at radius 3 is 2.61 bits per heavy atom. The Morgan fingerprint density at radius 2 is 1.91 bits per heavy atom. The highest BCUT2D eigenvalue weighted by molar-refractivity contribution is 5.94.